The zero-order chi connectivity index (χ0) is 12.5. The quantitative estimate of drug-likeness (QED) is 0.705. The van der Waals surface area contributed by atoms with Crippen molar-refractivity contribution in [3.63, 3.8) is 0 Å². The zero-order valence-corrected chi connectivity index (χ0v) is 11.0. The van der Waals surface area contributed by atoms with Gasteiger partial charge >= 0.3 is 0 Å². The highest BCUT2D eigenvalue weighted by Crippen LogP contribution is 2.14. The minimum atomic E-state index is 0.278. The normalized spacial score (nSPS) is 12.4. The van der Waals surface area contributed by atoms with Crippen LogP contribution < -0.4 is 10.1 Å². The van der Waals surface area contributed by atoms with Crippen molar-refractivity contribution < 1.29 is 9.47 Å². The van der Waals surface area contributed by atoms with E-state index in [-0.39, 0.29) is 6.10 Å². The van der Waals surface area contributed by atoms with Gasteiger partial charge in [-0.1, -0.05) is 19.1 Å². The van der Waals surface area contributed by atoms with E-state index >= 15 is 0 Å². The predicted octanol–water partition coefficient (Wildman–Crippen LogP) is 2.60. The Morgan fingerprint density at radius 1 is 1.35 bits per heavy atom. The minimum absolute atomic E-state index is 0.278. The van der Waals surface area contributed by atoms with Crippen LogP contribution in [0.4, 0.5) is 0 Å². The van der Waals surface area contributed by atoms with E-state index in [1.54, 1.807) is 7.11 Å². The zero-order valence-electron chi connectivity index (χ0n) is 11.0. The van der Waals surface area contributed by atoms with Crippen LogP contribution in [0.1, 0.15) is 25.8 Å². The number of ether oxygens (including phenoxy) is 2. The Morgan fingerprint density at radius 3 is 2.88 bits per heavy atom. The standard InChI is InChI=1S/C14H23NO2/c1-4-15-9-8-12(2)17-11-13-6-5-7-14(10-13)16-3/h5-7,10,12,15H,4,8-9,11H2,1-3H3. The maximum Gasteiger partial charge on any atom is 0.119 e. The first kappa shape index (κ1) is 14.0. The Labute approximate surface area is 104 Å². The molecule has 0 amide bonds. The highest BCUT2D eigenvalue weighted by Gasteiger charge is 2.02. The lowest BCUT2D eigenvalue weighted by atomic mass is 10.2. The van der Waals surface area contributed by atoms with E-state index < -0.39 is 0 Å². The molecule has 0 saturated carbocycles. The second kappa shape index (κ2) is 8.09. The second-order valence-corrected chi connectivity index (χ2v) is 4.12. The lowest BCUT2D eigenvalue weighted by Crippen LogP contribution is -2.20. The molecule has 1 N–H and O–H groups in total. The third-order valence-corrected chi connectivity index (χ3v) is 2.65. The molecule has 0 aliphatic rings. The average Bonchev–Trinajstić information content (AvgIpc) is 2.37. The van der Waals surface area contributed by atoms with Crippen LogP contribution in [0.2, 0.25) is 0 Å². The Morgan fingerprint density at radius 2 is 2.18 bits per heavy atom. The van der Waals surface area contributed by atoms with Crippen LogP contribution in [0.25, 0.3) is 0 Å². The molecule has 0 aliphatic carbocycles. The van der Waals surface area contributed by atoms with Gasteiger partial charge in [-0.3, -0.25) is 0 Å². The van der Waals surface area contributed by atoms with Gasteiger partial charge in [-0.25, -0.2) is 0 Å². The van der Waals surface area contributed by atoms with Gasteiger partial charge in [-0.15, -0.1) is 0 Å². The molecule has 0 fully saturated rings. The topological polar surface area (TPSA) is 30.5 Å². The fourth-order valence-corrected chi connectivity index (χ4v) is 1.57. The lowest BCUT2D eigenvalue weighted by Gasteiger charge is -2.13. The first-order valence-electron chi connectivity index (χ1n) is 6.21. The molecule has 3 heteroatoms. The summed E-state index contributed by atoms with van der Waals surface area (Å²) in [6.45, 7) is 6.89. The maximum absolute atomic E-state index is 5.78. The molecule has 1 aromatic rings. The fourth-order valence-electron chi connectivity index (χ4n) is 1.57. The Kier molecular flexibility index (Phi) is 6.67. The van der Waals surface area contributed by atoms with Crippen molar-refractivity contribution in [1.82, 2.24) is 5.32 Å². The van der Waals surface area contributed by atoms with Crippen molar-refractivity contribution in [2.45, 2.75) is 33.0 Å². The maximum atomic E-state index is 5.78. The number of hydrogen-bond donors (Lipinski definition) is 1. The molecule has 0 bridgehead atoms. The SMILES string of the molecule is CCNCCC(C)OCc1cccc(OC)c1. The molecule has 0 aliphatic heterocycles. The van der Waals surface area contributed by atoms with Crippen LogP contribution in [0.15, 0.2) is 24.3 Å². The number of hydrogen-bond acceptors (Lipinski definition) is 3. The van der Waals surface area contributed by atoms with Gasteiger partial charge in [0, 0.05) is 0 Å². The molecule has 0 aromatic heterocycles. The van der Waals surface area contributed by atoms with Gasteiger partial charge in [0.05, 0.1) is 19.8 Å². The van der Waals surface area contributed by atoms with Crippen LogP contribution in [0, 0.1) is 0 Å². The first-order chi connectivity index (χ1) is 8.26. The van der Waals surface area contributed by atoms with Gasteiger partial charge in [0.25, 0.3) is 0 Å². The van der Waals surface area contributed by atoms with Crippen molar-refractivity contribution in [3.05, 3.63) is 29.8 Å². The highest BCUT2D eigenvalue weighted by atomic mass is 16.5. The van der Waals surface area contributed by atoms with E-state index in [1.807, 2.05) is 18.2 Å². The van der Waals surface area contributed by atoms with Crippen LogP contribution >= 0.6 is 0 Å². The van der Waals surface area contributed by atoms with Gasteiger partial charge in [0.2, 0.25) is 0 Å². The molecule has 1 atom stereocenters. The molecule has 17 heavy (non-hydrogen) atoms. The summed E-state index contributed by atoms with van der Waals surface area (Å²) < 4.78 is 11.0. The number of nitrogens with one attached hydrogen (secondary N) is 1. The summed E-state index contributed by atoms with van der Waals surface area (Å²) in [6.07, 6.45) is 1.32. The van der Waals surface area contributed by atoms with Gasteiger partial charge < -0.3 is 14.8 Å². The van der Waals surface area contributed by atoms with Crippen LogP contribution in [-0.2, 0) is 11.3 Å². The number of methoxy groups -OCH3 is 1. The molecule has 0 heterocycles. The van der Waals surface area contributed by atoms with E-state index in [4.69, 9.17) is 9.47 Å². The highest BCUT2D eigenvalue weighted by molar-refractivity contribution is 5.27. The molecule has 96 valence electrons. The molecule has 1 aromatic carbocycles. The largest absolute Gasteiger partial charge is 0.497 e. The van der Waals surface area contributed by atoms with E-state index in [0.717, 1.165) is 30.8 Å². The summed E-state index contributed by atoms with van der Waals surface area (Å²) in [6, 6.07) is 8.00. The van der Waals surface area contributed by atoms with Crippen LogP contribution in [0.5, 0.6) is 5.75 Å². The molecule has 0 radical (unpaired) electrons. The monoisotopic (exact) mass is 237 g/mol. The molecule has 0 saturated heterocycles. The van der Waals surface area contributed by atoms with Gasteiger partial charge in [-0.05, 0) is 44.1 Å². The Bertz CT molecular complexity index is 315. The third-order valence-electron chi connectivity index (χ3n) is 2.65. The van der Waals surface area contributed by atoms with Gasteiger partial charge in [0.1, 0.15) is 5.75 Å². The Balaban J connectivity index is 2.28. The van der Waals surface area contributed by atoms with E-state index in [0.29, 0.717) is 6.61 Å². The van der Waals surface area contributed by atoms with Crippen molar-refractivity contribution in [3.8, 4) is 5.75 Å². The smallest absolute Gasteiger partial charge is 0.119 e. The second-order valence-electron chi connectivity index (χ2n) is 4.12. The molecule has 3 nitrogen and oxygen atoms in total. The van der Waals surface area contributed by atoms with Crippen LogP contribution in [0.3, 0.4) is 0 Å². The van der Waals surface area contributed by atoms with E-state index in [2.05, 4.69) is 25.2 Å². The fraction of sp³-hybridized carbons (Fsp3) is 0.571. The summed E-state index contributed by atoms with van der Waals surface area (Å²) >= 11 is 0. The molecule has 1 rings (SSSR count). The first-order valence-corrected chi connectivity index (χ1v) is 6.21. The average molecular weight is 237 g/mol. The predicted molar refractivity (Wildman–Crippen MR) is 70.4 cm³/mol. The van der Waals surface area contributed by atoms with Crippen molar-refractivity contribution in [2.24, 2.45) is 0 Å². The molecule has 1 unspecified atom stereocenters. The molecular formula is C14H23NO2. The number of benzene rings is 1. The summed E-state index contributed by atoms with van der Waals surface area (Å²) in [5, 5.41) is 3.30. The van der Waals surface area contributed by atoms with Crippen molar-refractivity contribution in [1.29, 1.82) is 0 Å². The van der Waals surface area contributed by atoms with Crippen LogP contribution in [-0.4, -0.2) is 26.3 Å². The third kappa shape index (κ3) is 5.71. The summed E-state index contributed by atoms with van der Waals surface area (Å²) in [5.41, 5.74) is 1.15. The minimum Gasteiger partial charge on any atom is -0.497 e. The van der Waals surface area contributed by atoms with Crippen molar-refractivity contribution in [2.75, 3.05) is 20.2 Å². The molecule has 0 spiro atoms. The van der Waals surface area contributed by atoms with Gasteiger partial charge in [0.15, 0.2) is 0 Å². The van der Waals surface area contributed by atoms with E-state index in [1.165, 1.54) is 0 Å². The van der Waals surface area contributed by atoms with E-state index in [9.17, 15) is 0 Å². The summed E-state index contributed by atoms with van der Waals surface area (Å²) in [5.74, 6) is 0.881. The lowest BCUT2D eigenvalue weighted by molar-refractivity contribution is 0.0478. The Hall–Kier alpha value is -1.06. The summed E-state index contributed by atoms with van der Waals surface area (Å²) in [4.78, 5) is 0. The van der Waals surface area contributed by atoms with Crippen molar-refractivity contribution >= 4 is 0 Å². The number of rotatable bonds is 8. The summed E-state index contributed by atoms with van der Waals surface area (Å²) in [7, 11) is 1.68. The molecular weight excluding hydrogens is 214 g/mol. The van der Waals surface area contributed by atoms with Gasteiger partial charge in [-0.2, -0.15) is 0 Å².